The molecule has 0 saturated carbocycles. The fraction of sp³-hybridized carbons (Fsp3) is 1.00. The van der Waals surface area contributed by atoms with Crippen LogP contribution in [0.4, 0.5) is 0 Å². The third-order valence-electron chi connectivity index (χ3n) is 3.65. The van der Waals surface area contributed by atoms with Crippen LogP contribution in [0.5, 0.6) is 0 Å². The van der Waals surface area contributed by atoms with Crippen molar-refractivity contribution in [2.24, 2.45) is 0 Å². The van der Waals surface area contributed by atoms with Crippen molar-refractivity contribution in [1.29, 1.82) is 0 Å². The summed E-state index contributed by atoms with van der Waals surface area (Å²) < 4.78 is 16.5. The van der Waals surface area contributed by atoms with Gasteiger partial charge in [0.2, 0.25) is 0 Å². The second-order valence-electron chi connectivity index (χ2n) is 4.97. The molecular formula is C11H26O3SSi2. The zero-order chi connectivity index (χ0) is 12.7. The average Bonchev–Trinajstić information content (AvgIpc) is 2.35. The first kappa shape index (κ1) is 15.7. The van der Waals surface area contributed by atoms with Gasteiger partial charge in [-0.15, -0.1) is 0 Å². The molecule has 0 spiro atoms. The maximum atomic E-state index is 5.98. The van der Waals surface area contributed by atoms with Crippen molar-refractivity contribution in [1.82, 2.24) is 0 Å². The van der Waals surface area contributed by atoms with Gasteiger partial charge in [0.25, 0.3) is 0 Å². The lowest BCUT2D eigenvalue weighted by Gasteiger charge is -2.38. The van der Waals surface area contributed by atoms with Crippen LogP contribution in [-0.4, -0.2) is 57.0 Å². The second-order valence-corrected chi connectivity index (χ2v) is 9.23. The monoisotopic (exact) mass is 294 g/mol. The number of hydrogen-bond acceptors (Lipinski definition) is 4. The van der Waals surface area contributed by atoms with Gasteiger partial charge in [-0.3, -0.25) is 0 Å². The second kappa shape index (κ2) is 7.96. The van der Waals surface area contributed by atoms with Crippen LogP contribution in [0, 0.1) is 0 Å². The average molecular weight is 295 g/mol. The van der Waals surface area contributed by atoms with Gasteiger partial charge in [0.05, 0.1) is 14.7 Å². The molecule has 6 heteroatoms. The minimum absolute atomic E-state index is 0.0628. The van der Waals surface area contributed by atoms with Gasteiger partial charge < -0.3 is 14.2 Å². The van der Waals surface area contributed by atoms with Crippen LogP contribution in [0.15, 0.2) is 0 Å². The van der Waals surface area contributed by atoms with Crippen LogP contribution in [-0.2, 0) is 14.2 Å². The van der Waals surface area contributed by atoms with Gasteiger partial charge in [0.1, 0.15) is 5.91 Å². The highest BCUT2D eigenvalue weighted by atomic mass is 32.1. The Morgan fingerprint density at radius 2 is 2.12 bits per heavy atom. The summed E-state index contributed by atoms with van der Waals surface area (Å²) in [6.07, 6.45) is 4.86. The van der Waals surface area contributed by atoms with E-state index in [0.717, 1.165) is 23.3 Å². The van der Waals surface area contributed by atoms with Crippen LogP contribution < -0.4 is 0 Å². The van der Waals surface area contributed by atoms with Crippen LogP contribution >= 0.6 is 12.6 Å². The van der Waals surface area contributed by atoms with Crippen molar-refractivity contribution >= 4 is 32.4 Å². The minimum atomic E-state index is -0.313. The predicted octanol–water partition coefficient (Wildman–Crippen LogP) is 0.101. The van der Waals surface area contributed by atoms with Crippen LogP contribution in [0.25, 0.3) is 0 Å². The van der Waals surface area contributed by atoms with Crippen molar-refractivity contribution in [3.05, 3.63) is 0 Å². The molecule has 2 unspecified atom stereocenters. The maximum Gasteiger partial charge on any atom is 0.134 e. The fourth-order valence-corrected chi connectivity index (χ4v) is 5.36. The van der Waals surface area contributed by atoms with E-state index in [1.807, 2.05) is 0 Å². The van der Waals surface area contributed by atoms with Gasteiger partial charge in [-0.25, -0.2) is 0 Å². The molecule has 1 saturated heterocycles. The molecule has 2 atom stereocenters. The topological polar surface area (TPSA) is 27.7 Å². The van der Waals surface area contributed by atoms with Gasteiger partial charge in [-0.1, -0.05) is 6.04 Å². The summed E-state index contributed by atoms with van der Waals surface area (Å²) in [6.45, 7) is 0.927. The fourth-order valence-electron chi connectivity index (χ4n) is 2.33. The van der Waals surface area contributed by atoms with Crippen molar-refractivity contribution in [3.63, 3.8) is 0 Å². The summed E-state index contributed by atoms with van der Waals surface area (Å²) in [5, 5.41) is 0.516. The third-order valence-corrected chi connectivity index (χ3v) is 8.38. The minimum Gasteiger partial charge on any atom is -0.378 e. The summed E-state index contributed by atoms with van der Waals surface area (Å²) in [7, 11) is 4.21. The first-order valence-electron chi connectivity index (χ1n) is 6.50. The van der Waals surface area contributed by atoms with Crippen LogP contribution in [0.1, 0.15) is 25.7 Å². The van der Waals surface area contributed by atoms with Crippen LogP contribution in [0.3, 0.4) is 0 Å². The Balaban J connectivity index is 2.25. The molecule has 0 amide bonds. The van der Waals surface area contributed by atoms with E-state index in [1.165, 1.54) is 25.3 Å². The smallest absolute Gasteiger partial charge is 0.134 e. The molecule has 1 aliphatic heterocycles. The molecule has 3 nitrogen and oxygen atoms in total. The number of hydrogen-bond donors (Lipinski definition) is 1. The Hall–Kier alpha value is 0.664. The summed E-state index contributed by atoms with van der Waals surface area (Å²) in [5.74, 6) is 0.0628. The molecule has 0 N–H and O–H groups in total. The third kappa shape index (κ3) is 5.04. The molecule has 1 rings (SSSR count). The van der Waals surface area contributed by atoms with Crippen molar-refractivity contribution in [2.75, 3.05) is 20.8 Å². The first-order chi connectivity index (χ1) is 8.12. The molecule has 1 fully saturated rings. The van der Waals surface area contributed by atoms with Crippen molar-refractivity contribution < 1.29 is 14.2 Å². The standard InChI is InChI=1S/C11H26O3SSi2/c1-12-10(13-2)17-8-5-9(15)11(16)6-3-4-7-14-11/h9-10,15H,3-8,17H2,1-2,16H3. The largest absolute Gasteiger partial charge is 0.378 e. The van der Waals surface area contributed by atoms with Gasteiger partial charge in [-0.05, 0) is 25.7 Å². The highest BCUT2D eigenvalue weighted by Crippen LogP contribution is 2.30. The molecule has 0 aromatic heterocycles. The SMILES string of the molecule is COC(OC)[SiH2]CCC(S)C1([SiH3])CCCCO1. The Bertz CT molecular complexity index is 209. The summed E-state index contributed by atoms with van der Waals surface area (Å²) in [5.41, 5.74) is 0. The molecule has 1 aliphatic rings. The van der Waals surface area contributed by atoms with E-state index in [0.29, 0.717) is 5.25 Å². The summed E-state index contributed by atoms with van der Waals surface area (Å²) >= 11 is 4.77. The Labute approximate surface area is 116 Å². The molecule has 0 radical (unpaired) electrons. The number of rotatable bonds is 7. The summed E-state index contributed by atoms with van der Waals surface area (Å²) in [4.78, 5) is 0. The van der Waals surface area contributed by atoms with Crippen molar-refractivity contribution in [3.8, 4) is 0 Å². The lowest BCUT2D eigenvalue weighted by atomic mass is 10.0. The molecule has 102 valence electrons. The van der Waals surface area contributed by atoms with Gasteiger partial charge in [0, 0.05) is 36.3 Å². The molecule has 0 aromatic carbocycles. The molecule has 17 heavy (non-hydrogen) atoms. The lowest BCUT2D eigenvalue weighted by Crippen LogP contribution is -2.45. The zero-order valence-corrected chi connectivity index (χ0v) is 15.6. The predicted molar refractivity (Wildman–Crippen MR) is 81.0 cm³/mol. The Morgan fingerprint density at radius 3 is 2.65 bits per heavy atom. The van der Waals surface area contributed by atoms with Crippen LogP contribution in [0.2, 0.25) is 6.04 Å². The highest BCUT2D eigenvalue weighted by Gasteiger charge is 2.34. The maximum absolute atomic E-state index is 5.98. The Morgan fingerprint density at radius 1 is 1.41 bits per heavy atom. The normalized spacial score (nSPS) is 28.2. The number of methoxy groups -OCH3 is 2. The summed E-state index contributed by atoms with van der Waals surface area (Å²) in [6, 6.07) is 1.22. The molecule has 0 bridgehead atoms. The number of thiol groups is 1. The van der Waals surface area contributed by atoms with E-state index in [-0.39, 0.29) is 20.7 Å². The van der Waals surface area contributed by atoms with E-state index in [9.17, 15) is 0 Å². The molecule has 0 aliphatic carbocycles. The molecule has 1 heterocycles. The van der Waals surface area contributed by atoms with E-state index in [2.05, 4.69) is 0 Å². The van der Waals surface area contributed by atoms with E-state index in [4.69, 9.17) is 26.8 Å². The van der Waals surface area contributed by atoms with Gasteiger partial charge in [0.15, 0.2) is 0 Å². The quantitative estimate of drug-likeness (QED) is 0.410. The first-order valence-corrected chi connectivity index (χ1v) is 9.83. The van der Waals surface area contributed by atoms with E-state index < -0.39 is 0 Å². The Kier molecular flexibility index (Phi) is 7.36. The van der Waals surface area contributed by atoms with Gasteiger partial charge >= 0.3 is 0 Å². The van der Waals surface area contributed by atoms with Crippen molar-refractivity contribution in [2.45, 2.75) is 48.1 Å². The lowest BCUT2D eigenvalue weighted by molar-refractivity contribution is -0.0444. The molecular weight excluding hydrogens is 268 g/mol. The number of ether oxygens (including phenoxy) is 3. The zero-order valence-electron chi connectivity index (χ0n) is 11.3. The molecule has 0 aromatic rings. The highest BCUT2D eigenvalue weighted by molar-refractivity contribution is 7.81. The van der Waals surface area contributed by atoms with Gasteiger partial charge in [-0.2, -0.15) is 12.6 Å². The van der Waals surface area contributed by atoms with E-state index in [1.54, 1.807) is 14.2 Å². The van der Waals surface area contributed by atoms with E-state index >= 15 is 0 Å².